The van der Waals surface area contributed by atoms with Gasteiger partial charge in [0.25, 0.3) is 0 Å². The lowest BCUT2D eigenvalue weighted by molar-refractivity contribution is -0.121. The fraction of sp³-hybridized carbons (Fsp3) is 0.227. The van der Waals surface area contributed by atoms with Crippen LogP contribution in [0.5, 0.6) is 0 Å². The van der Waals surface area contributed by atoms with Gasteiger partial charge in [0.2, 0.25) is 15.9 Å². The number of hydrogen-bond acceptors (Lipinski definition) is 4. The van der Waals surface area contributed by atoms with Crippen LogP contribution in [0, 0.1) is 13.8 Å². The molecular formula is C22H24N2O4S. The van der Waals surface area contributed by atoms with Crippen LogP contribution in [0.2, 0.25) is 0 Å². The van der Waals surface area contributed by atoms with Crippen molar-refractivity contribution in [2.75, 3.05) is 6.54 Å². The van der Waals surface area contributed by atoms with Crippen molar-refractivity contribution in [1.82, 2.24) is 9.62 Å². The third-order valence-corrected chi connectivity index (χ3v) is 6.30. The first kappa shape index (κ1) is 20.8. The molecule has 1 heterocycles. The summed E-state index contributed by atoms with van der Waals surface area (Å²) in [5.41, 5.74) is 2.85. The molecule has 6 nitrogen and oxygen atoms in total. The van der Waals surface area contributed by atoms with E-state index in [2.05, 4.69) is 5.32 Å². The highest BCUT2D eigenvalue weighted by Crippen LogP contribution is 2.19. The maximum Gasteiger partial charge on any atom is 0.243 e. The molecule has 1 amide bonds. The second-order valence-corrected chi connectivity index (χ2v) is 8.87. The lowest BCUT2D eigenvalue weighted by Crippen LogP contribution is -2.40. The molecule has 0 fully saturated rings. The Balaban J connectivity index is 1.81. The summed E-state index contributed by atoms with van der Waals surface area (Å²) < 4.78 is 32.8. The Morgan fingerprint density at radius 2 is 1.59 bits per heavy atom. The number of benzene rings is 2. The fourth-order valence-electron chi connectivity index (χ4n) is 2.80. The summed E-state index contributed by atoms with van der Waals surface area (Å²) in [6.07, 6.45) is 1.52. The molecule has 0 spiro atoms. The van der Waals surface area contributed by atoms with Gasteiger partial charge in [-0.25, -0.2) is 8.42 Å². The summed E-state index contributed by atoms with van der Waals surface area (Å²) >= 11 is 0. The topological polar surface area (TPSA) is 79.6 Å². The van der Waals surface area contributed by atoms with E-state index in [4.69, 9.17) is 4.42 Å². The number of amides is 1. The molecule has 7 heteroatoms. The molecule has 0 saturated heterocycles. The van der Waals surface area contributed by atoms with Crippen molar-refractivity contribution in [3.63, 3.8) is 0 Å². The number of aryl methyl sites for hydroxylation is 2. The zero-order valence-corrected chi connectivity index (χ0v) is 17.3. The van der Waals surface area contributed by atoms with Crippen LogP contribution in [0.3, 0.4) is 0 Å². The largest absolute Gasteiger partial charge is 0.467 e. The van der Waals surface area contributed by atoms with Crippen molar-refractivity contribution in [3.05, 3.63) is 89.4 Å². The summed E-state index contributed by atoms with van der Waals surface area (Å²) in [5, 5.41) is 2.70. The molecule has 1 aromatic heterocycles. The molecule has 1 N–H and O–H groups in total. The Morgan fingerprint density at radius 1 is 0.966 bits per heavy atom. The highest BCUT2D eigenvalue weighted by atomic mass is 32.2. The third kappa shape index (κ3) is 5.56. The number of sulfonamides is 1. The van der Waals surface area contributed by atoms with Crippen LogP contribution in [0.1, 0.15) is 22.5 Å². The summed E-state index contributed by atoms with van der Waals surface area (Å²) in [7, 11) is -3.84. The first-order valence-corrected chi connectivity index (χ1v) is 10.7. The van der Waals surface area contributed by atoms with Gasteiger partial charge in [-0.3, -0.25) is 4.79 Å². The Hall–Kier alpha value is -2.90. The minimum Gasteiger partial charge on any atom is -0.467 e. The predicted octanol–water partition coefficient (Wildman–Crippen LogP) is 3.40. The minimum absolute atomic E-state index is 0.102. The second-order valence-electron chi connectivity index (χ2n) is 6.93. The van der Waals surface area contributed by atoms with Crippen molar-refractivity contribution in [3.8, 4) is 0 Å². The highest BCUT2D eigenvalue weighted by Gasteiger charge is 2.27. The molecule has 3 aromatic rings. The van der Waals surface area contributed by atoms with Gasteiger partial charge >= 0.3 is 0 Å². The number of nitrogens with zero attached hydrogens (tertiary/aromatic N) is 1. The summed E-state index contributed by atoms with van der Waals surface area (Å²) in [6.45, 7) is 3.87. The van der Waals surface area contributed by atoms with Gasteiger partial charge in [-0.1, -0.05) is 47.5 Å². The molecule has 0 saturated carbocycles. The molecule has 3 rings (SSSR count). The first-order chi connectivity index (χ1) is 13.8. The number of carbonyl (C=O) groups excluding carboxylic acids is 1. The monoisotopic (exact) mass is 412 g/mol. The van der Waals surface area contributed by atoms with E-state index in [1.807, 2.05) is 38.1 Å². The standard InChI is InChI=1S/C22H24N2O4S/c1-17-5-9-19(10-6-17)15-24(16-22(25)23-14-20-4-3-13-28-20)29(26,27)21-11-7-18(2)8-12-21/h3-13H,14-16H2,1-2H3,(H,23,25). The number of hydrogen-bond donors (Lipinski definition) is 1. The van der Waals surface area contributed by atoms with E-state index in [0.717, 1.165) is 16.7 Å². The lowest BCUT2D eigenvalue weighted by atomic mass is 10.1. The Kier molecular flexibility index (Phi) is 6.51. The smallest absolute Gasteiger partial charge is 0.243 e. The molecule has 0 aliphatic heterocycles. The van der Waals surface area contributed by atoms with Crippen LogP contribution in [0.4, 0.5) is 0 Å². The number of furan rings is 1. The van der Waals surface area contributed by atoms with E-state index in [1.165, 1.54) is 10.6 Å². The Labute approximate surface area is 171 Å². The van der Waals surface area contributed by atoms with Gasteiger partial charge in [-0.05, 0) is 43.7 Å². The van der Waals surface area contributed by atoms with E-state index < -0.39 is 15.9 Å². The Morgan fingerprint density at radius 3 is 2.17 bits per heavy atom. The van der Waals surface area contributed by atoms with E-state index in [1.54, 1.807) is 36.4 Å². The average molecular weight is 413 g/mol. The molecule has 29 heavy (non-hydrogen) atoms. The third-order valence-electron chi connectivity index (χ3n) is 4.50. The van der Waals surface area contributed by atoms with E-state index in [9.17, 15) is 13.2 Å². The maximum absolute atomic E-state index is 13.2. The zero-order valence-electron chi connectivity index (χ0n) is 16.5. The van der Waals surface area contributed by atoms with Gasteiger partial charge in [0.15, 0.2) is 0 Å². The van der Waals surface area contributed by atoms with Gasteiger partial charge in [-0.2, -0.15) is 4.31 Å². The van der Waals surface area contributed by atoms with Crippen LogP contribution in [-0.4, -0.2) is 25.2 Å². The molecule has 0 aliphatic rings. The summed E-state index contributed by atoms with van der Waals surface area (Å²) in [4.78, 5) is 12.6. The molecular weight excluding hydrogens is 388 g/mol. The fourth-order valence-corrected chi connectivity index (χ4v) is 4.18. The highest BCUT2D eigenvalue weighted by molar-refractivity contribution is 7.89. The van der Waals surface area contributed by atoms with Gasteiger partial charge in [0, 0.05) is 6.54 Å². The summed E-state index contributed by atoms with van der Waals surface area (Å²) in [6, 6.07) is 17.7. The van der Waals surface area contributed by atoms with Crippen molar-refractivity contribution >= 4 is 15.9 Å². The molecule has 0 atom stereocenters. The van der Waals surface area contributed by atoms with Crippen LogP contribution in [-0.2, 0) is 27.9 Å². The molecule has 0 unspecified atom stereocenters. The van der Waals surface area contributed by atoms with Crippen molar-refractivity contribution in [2.24, 2.45) is 0 Å². The SMILES string of the molecule is Cc1ccc(CN(CC(=O)NCc2ccco2)S(=O)(=O)c2ccc(C)cc2)cc1. The van der Waals surface area contributed by atoms with Gasteiger partial charge in [-0.15, -0.1) is 0 Å². The average Bonchev–Trinajstić information content (AvgIpc) is 3.21. The van der Waals surface area contributed by atoms with Crippen molar-refractivity contribution in [1.29, 1.82) is 0 Å². The van der Waals surface area contributed by atoms with Crippen LogP contribution in [0.15, 0.2) is 76.2 Å². The van der Waals surface area contributed by atoms with Gasteiger partial charge < -0.3 is 9.73 Å². The minimum atomic E-state index is -3.84. The maximum atomic E-state index is 13.2. The van der Waals surface area contributed by atoms with E-state index in [-0.39, 0.29) is 24.5 Å². The molecule has 0 aliphatic carbocycles. The number of rotatable bonds is 8. The van der Waals surface area contributed by atoms with E-state index in [0.29, 0.717) is 5.76 Å². The van der Waals surface area contributed by atoms with Crippen molar-refractivity contribution < 1.29 is 17.6 Å². The number of carbonyl (C=O) groups is 1. The molecule has 152 valence electrons. The second kappa shape index (κ2) is 9.07. The van der Waals surface area contributed by atoms with Crippen molar-refractivity contribution in [2.45, 2.75) is 31.8 Å². The molecule has 0 radical (unpaired) electrons. The zero-order chi connectivity index (χ0) is 20.9. The number of nitrogens with one attached hydrogen (secondary N) is 1. The normalized spacial score (nSPS) is 11.6. The Bertz CT molecular complexity index is 1040. The first-order valence-electron chi connectivity index (χ1n) is 9.26. The van der Waals surface area contributed by atoms with E-state index >= 15 is 0 Å². The van der Waals surface area contributed by atoms with Gasteiger partial charge in [0.05, 0.1) is 24.2 Å². The van der Waals surface area contributed by atoms with Crippen LogP contribution < -0.4 is 5.32 Å². The quantitative estimate of drug-likeness (QED) is 0.615. The lowest BCUT2D eigenvalue weighted by Gasteiger charge is -2.22. The van der Waals surface area contributed by atoms with Crippen LogP contribution in [0.25, 0.3) is 0 Å². The molecule has 2 aromatic carbocycles. The summed E-state index contributed by atoms with van der Waals surface area (Å²) in [5.74, 6) is 0.203. The predicted molar refractivity (Wildman–Crippen MR) is 111 cm³/mol. The van der Waals surface area contributed by atoms with Crippen LogP contribution >= 0.6 is 0 Å². The molecule has 0 bridgehead atoms. The van der Waals surface area contributed by atoms with Gasteiger partial charge in [0.1, 0.15) is 5.76 Å².